The highest BCUT2D eigenvalue weighted by Crippen LogP contribution is 2.32. The van der Waals surface area contributed by atoms with Crippen LogP contribution in [0.2, 0.25) is 0 Å². The first-order valence-corrected chi connectivity index (χ1v) is 10.1. The highest BCUT2D eigenvalue weighted by atomic mass is 16.2. The van der Waals surface area contributed by atoms with Crippen molar-refractivity contribution in [1.29, 1.82) is 0 Å². The van der Waals surface area contributed by atoms with Crippen LogP contribution in [0.4, 0.5) is 0 Å². The molecule has 0 spiro atoms. The highest BCUT2D eigenvalue weighted by Gasteiger charge is 2.28. The number of hydrogen-bond acceptors (Lipinski definition) is 3. The first kappa shape index (κ1) is 20.8. The van der Waals surface area contributed by atoms with Crippen LogP contribution in [0, 0.1) is 13.8 Å². The molecule has 0 aliphatic carbocycles. The topological polar surface area (TPSA) is 122 Å². The number of piperidine rings is 1. The monoisotopic (exact) mass is 399 g/mol. The lowest BCUT2D eigenvalue weighted by molar-refractivity contribution is -0.139. The average molecular weight is 399 g/mol. The van der Waals surface area contributed by atoms with E-state index in [4.69, 9.17) is 11.5 Å². The van der Waals surface area contributed by atoms with E-state index in [0.29, 0.717) is 37.5 Å². The molecule has 4 N–H and O–H groups in total. The molecule has 8 nitrogen and oxygen atoms in total. The van der Waals surface area contributed by atoms with Gasteiger partial charge in [-0.3, -0.25) is 14.4 Å². The molecule has 2 saturated heterocycles. The molecular weight excluding hydrogens is 370 g/mol. The van der Waals surface area contributed by atoms with Gasteiger partial charge in [0, 0.05) is 31.6 Å². The van der Waals surface area contributed by atoms with Crippen LogP contribution in [0.5, 0.6) is 0 Å². The third kappa shape index (κ3) is 4.75. The van der Waals surface area contributed by atoms with Crippen molar-refractivity contribution >= 4 is 23.7 Å². The van der Waals surface area contributed by atoms with Gasteiger partial charge in [0.15, 0.2) is 5.96 Å². The molecule has 8 heteroatoms. The molecule has 0 saturated carbocycles. The quantitative estimate of drug-likeness (QED) is 0.579. The molecule has 2 aliphatic heterocycles. The smallest absolute Gasteiger partial charge is 0.280 e. The van der Waals surface area contributed by atoms with E-state index in [1.807, 2.05) is 30.9 Å². The number of hydrogen-bond donors (Lipinski definition) is 2. The number of aryl methyl sites for hydroxylation is 2. The number of carbonyl (C=O) groups excluding carboxylic acids is 3. The SMILES string of the molecule is Cc1cc(C2CCN(C(=O)CN3CCCC3=O)CC2)c(C)cc1C(=O)N=C(N)N. The summed E-state index contributed by atoms with van der Waals surface area (Å²) in [5.41, 5.74) is 14.2. The molecule has 1 aromatic carbocycles. The minimum Gasteiger partial charge on any atom is -0.370 e. The normalized spacial score (nSPS) is 17.5. The summed E-state index contributed by atoms with van der Waals surface area (Å²) in [6.45, 7) is 6.10. The zero-order valence-electron chi connectivity index (χ0n) is 17.1. The molecule has 3 rings (SSSR count). The van der Waals surface area contributed by atoms with Crippen LogP contribution in [0.15, 0.2) is 17.1 Å². The van der Waals surface area contributed by atoms with Crippen molar-refractivity contribution < 1.29 is 14.4 Å². The first-order valence-electron chi connectivity index (χ1n) is 10.1. The molecular formula is C21H29N5O3. The van der Waals surface area contributed by atoms with Gasteiger partial charge in [0.1, 0.15) is 0 Å². The number of carbonyl (C=O) groups is 3. The molecule has 3 amide bonds. The summed E-state index contributed by atoms with van der Waals surface area (Å²) in [6.07, 6.45) is 3.12. The average Bonchev–Trinajstić information content (AvgIpc) is 3.07. The van der Waals surface area contributed by atoms with Crippen molar-refractivity contribution in [2.45, 2.75) is 45.4 Å². The Kier molecular flexibility index (Phi) is 6.20. The lowest BCUT2D eigenvalue weighted by atomic mass is 9.84. The van der Waals surface area contributed by atoms with Crippen molar-refractivity contribution in [3.63, 3.8) is 0 Å². The van der Waals surface area contributed by atoms with E-state index < -0.39 is 5.91 Å². The number of aliphatic imine (C=N–C) groups is 1. The highest BCUT2D eigenvalue weighted by molar-refractivity contribution is 6.03. The van der Waals surface area contributed by atoms with Gasteiger partial charge in [-0.05, 0) is 61.8 Å². The molecule has 2 heterocycles. The zero-order chi connectivity index (χ0) is 21.1. The maximum atomic E-state index is 12.5. The number of amides is 3. The third-order valence-electron chi connectivity index (χ3n) is 5.86. The van der Waals surface area contributed by atoms with Crippen LogP contribution < -0.4 is 11.5 Å². The second-order valence-corrected chi connectivity index (χ2v) is 7.94. The van der Waals surface area contributed by atoms with Crippen LogP contribution in [0.1, 0.15) is 58.6 Å². The van der Waals surface area contributed by atoms with Gasteiger partial charge in [-0.2, -0.15) is 4.99 Å². The van der Waals surface area contributed by atoms with Crippen molar-refractivity contribution in [3.8, 4) is 0 Å². The summed E-state index contributed by atoms with van der Waals surface area (Å²) < 4.78 is 0. The van der Waals surface area contributed by atoms with Crippen molar-refractivity contribution in [2.24, 2.45) is 16.5 Å². The first-order chi connectivity index (χ1) is 13.8. The Bertz CT molecular complexity index is 852. The van der Waals surface area contributed by atoms with E-state index in [2.05, 4.69) is 4.99 Å². The number of nitrogens with two attached hydrogens (primary N) is 2. The number of benzene rings is 1. The van der Waals surface area contributed by atoms with Crippen molar-refractivity contribution in [2.75, 3.05) is 26.2 Å². The van der Waals surface area contributed by atoms with Gasteiger partial charge >= 0.3 is 0 Å². The molecule has 156 valence electrons. The number of guanidine groups is 1. The minimum atomic E-state index is -0.436. The zero-order valence-corrected chi connectivity index (χ0v) is 17.1. The van der Waals surface area contributed by atoms with E-state index in [9.17, 15) is 14.4 Å². The van der Waals surface area contributed by atoms with E-state index in [1.54, 1.807) is 4.90 Å². The molecule has 0 radical (unpaired) electrons. The van der Waals surface area contributed by atoms with Crippen molar-refractivity contribution in [3.05, 3.63) is 34.4 Å². The Balaban J connectivity index is 1.64. The lowest BCUT2D eigenvalue weighted by Gasteiger charge is -2.34. The summed E-state index contributed by atoms with van der Waals surface area (Å²) in [7, 11) is 0. The van der Waals surface area contributed by atoms with Crippen LogP contribution in [0.25, 0.3) is 0 Å². The summed E-state index contributed by atoms with van der Waals surface area (Å²) >= 11 is 0. The molecule has 0 unspecified atom stereocenters. The summed E-state index contributed by atoms with van der Waals surface area (Å²) in [5, 5.41) is 0. The van der Waals surface area contributed by atoms with Crippen LogP contribution in [-0.4, -0.2) is 59.7 Å². The predicted molar refractivity (Wildman–Crippen MR) is 110 cm³/mol. The number of nitrogens with zero attached hydrogens (tertiary/aromatic N) is 3. The second kappa shape index (κ2) is 8.63. The molecule has 29 heavy (non-hydrogen) atoms. The lowest BCUT2D eigenvalue weighted by Crippen LogP contribution is -2.44. The Morgan fingerprint density at radius 1 is 1.10 bits per heavy atom. The maximum Gasteiger partial charge on any atom is 0.280 e. The maximum absolute atomic E-state index is 12.5. The molecule has 0 atom stereocenters. The number of rotatable bonds is 4. The van der Waals surface area contributed by atoms with Crippen molar-refractivity contribution in [1.82, 2.24) is 9.80 Å². The third-order valence-corrected chi connectivity index (χ3v) is 5.86. The van der Waals surface area contributed by atoms with Gasteiger partial charge in [0.2, 0.25) is 11.8 Å². The molecule has 2 fully saturated rings. The Morgan fingerprint density at radius 2 is 1.79 bits per heavy atom. The molecule has 0 bridgehead atoms. The van der Waals surface area contributed by atoms with E-state index in [1.165, 1.54) is 5.56 Å². The fourth-order valence-electron chi connectivity index (χ4n) is 4.26. The fraction of sp³-hybridized carbons (Fsp3) is 0.524. The Labute approximate surface area is 170 Å². The van der Waals surface area contributed by atoms with Gasteiger partial charge in [-0.15, -0.1) is 0 Å². The molecule has 2 aliphatic rings. The minimum absolute atomic E-state index is 0.0322. The van der Waals surface area contributed by atoms with Gasteiger partial charge in [0.05, 0.1) is 6.54 Å². The Morgan fingerprint density at radius 3 is 2.38 bits per heavy atom. The van der Waals surface area contributed by atoms with Crippen LogP contribution in [0.3, 0.4) is 0 Å². The van der Waals surface area contributed by atoms with E-state index in [-0.39, 0.29) is 24.3 Å². The largest absolute Gasteiger partial charge is 0.370 e. The van der Waals surface area contributed by atoms with Crippen LogP contribution >= 0.6 is 0 Å². The summed E-state index contributed by atoms with van der Waals surface area (Å²) in [5.74, 6) is -0.240. The van der Waals surface area contributed by atoms with Gasteiger partial charge in [-0.1, -0.05) is 6.07 Å². The van der Waals surface area contributed by atoms with E-state index in [0.717, 1.165) is 30.4 Å². The predicted octanol–water partition coefficient (Wildman–Crippen LogP) is 1.05. The van der Waals surface area contributed by atoms with Gasteiger partial charge in [-0.25, -0.2) is 0 Å². The van der Waals surface area contributed by atoms with Gasteiger partial charge in [0.25, 0.3) is 5.91 Å². The standard InChI is InChI=1S/C21H29N5O3/c1-13-11-17(20(29)24-21(22)23)14(2)10-16(13)15-5-8-25(9-6-15)19(28)12-26-7-3-4-18(26)27/h10-11,15H,3-9,12H2,1-2H3,(H4,22,23,24,29). The fourth-order valence-corrected chi connectivity index (χ4v) is 4.26. The van der Waals surface area contributed by atoms with Gasteiger partial charge < -0.3 is 21.3 Å². The number of likely N-dealkylation sites (tertiary alicyclic amines) is 2. The summed E-state index contributed by atoms with van der Waals surface area (Å²) in [4.78, 5) is 43.6. The Hall–Kier alpha value is -2.90. The molecule has 0 aromatic heterocycles. The van der Waals surface area contributed by atoms with E-state index >= 15 is 0 Å². The molecule has 1 aromatic rings. The van der Waals surface area contributed by atoms with Crippen LogP contribution in [-0.2, 0) is 9.59 Å². The summed E-state index contributed by atoms with van der Waals surface area (Å²) in [6, 6.07) is 3.88. The second-order valence-electron chi connectivity index (χ2n) is 7.94.